The number of hydrogen-bond donors (Lipinski definition) is 4. The molecule has 3 aromatic rings. The van der Waals surface area contributed by atoms with E-state index < -0.39 is 51.7 Å². The molecule has 0 bridgehead atoms. The second-order valence-electron chi connectivity index (χ2n) is 11.5. The first-order valence-corrected chi connectivity index (χ1v) is 14.2. The highest BCUT2D eigenvalue weighted by Crippen LogP contribution is 2.61. The fraction of sp³-hybridized carbons (Fsp3) is 0.375. The molecule has 0 aliphatic carbocycles. The van der Waals surface area contributed by atoms with E-state index in [1.54, 1.807) is 19.9 Å². The van der Waals surface area contributed by atoms with Gasteiger partial charge in [0.1, 0.15) is 5.41 Å². The van der Waals surface area contributed by atoms with Crippen molar-refractivity contribution in [3.8, 4) is 0 Å². The monoisotopic (exact) mass is 590 g/mol. The molecule has 5 rings (SSSR count). The van der Waals surface area contributed by atoms with E-state index >= 15 is 0 Å². The minimum Gasteiger partial charge on any atom is -0.481 e. The van der Waals surface area contributed by atoms with Crippen LogP contribution in [0.3, 0.4) is 0 Å². The molecule has 3 aromatic carbocycles. The van der Waals surface area contributed by atoms with Crippen LogP contribution < -0.4 is 11.1 Å². The number of aliphatic carboxylic acids is 2. The summed E-state index contributed by atoms with van der Waals surface area (Å²) in [5.74, 6) is -4.07. The third kappa shape index (κ3) is 4.98. The second-order valence-corrected chi connectivity index (χ2v) is 11.5. The number of nitrogens with one attached hydrogen (secondary N) is 1. The fourth-order valence-corrected chi connectivity index (χ4v) is 7.60. The van der Waals surface area contributed by atoms with Crippen LogP contribution in [0.1, 0.15) is 48.9 Å². The predicted molar refractivity (Wildman–Crippen MR) is 160 cm³/mol. The van der Waals surface area contributed by atoms with Crippen molar-refractivity contribution in [3.63, 3.8) is 0 Å². The molecule has 2 saturated heterocycles. The van der Waals surface area contributed by atoms with Gasteiger partial charge in [0, 0.05) is 43.1 Å². The lowest BCUT2D eigenvalue weighted by atomic mass is 9.47. The number of non-ortho nitro benzene ring substituents is 1. The maximum atomic E-state index is 13.6. The minimum atomic E-state index is -1.77. The van der Waals surface area contributed by atoms with Crippen molar-refractivity contribution in [3.05, 3.63) is 112 Å². The first-order valence-electron chi connectivity index (χ1n) is 14.2. The van der Waals surface area contributed by atoms with Gasteiger partial charge in [0.15, 0.2) is 0 Å². The summed E-state index contributed by atoms with van der Waals surface area (Å²) >= 11 is 0. The molecule has 5 atom stereocenters. The van der Waals surface area contributed by atoms with Gasteiger partial charge in [-0.2, -0.15) is 0 Å². The van der Waals surface area contributed by atoms with Gasteiger partial charge in [-0.15, -0.1) is 0 Å². The molecule has 0 amide bonds. The van der Waals surface area contributed by atoms with Crippen LogP contribution in [0, 0.1) is 26.9 Å². The smallest absolute Gasteiger partial charge is 0.313 e. The Hall–Kier alpha value is -4.16. The van der Waals surface area contributed by atoms with Crippen molar-refractivity contribution in [2.45, 2.75) is 44.4 Å². The van der Waals surface area contributed by atoms with Gasteiger partial charge >= 0.3 is 11.9 Å². The highest BCUT2D eigenvalue weighted by Gasteiger charge is 2.70. The van der Waals surface area contributed by atoms with Gasteiger partial charge < -0.3 is 21.4 Å². The number of likely N-dealkylation sites (tertiary alicyclic amines) is 1. The van der Waals surface area contributed by atoms with Gasteiger partial charge in [-0.1, -0.05) is 79.7 Å². The Balaban J connectivity index is 0.00000423. The Labute approximate surface area is 249 Å². The van der Waals surface area contributed by atoms with E-state index in [9.17, 15) is 29.9 Å². The molecule has 2 fully saturated rings. The molecule has 43 heavy (non-hydrogen) atoms. The van der Waals surface area contributed by atoms with Crippen molar-refractivity contribution < 1.29 is 30.2 Å². The van der Waals surface area contributed by atoms with Gasteiger partial charge in [-0.05, 0) is 30.0 Å². The Morgan fingerprint density at radius 1 is 1.00 bits per heavy atom. The molecule has 0 spiro atoms. The maximum absolute atomic E-state index is 13.6. The Morgan fingerprint density at radius 3 is 2.02 bits per heavy atom. The lowest BCUT2D eigenvalue weighted by Crippen LogP contribution is -2.77. The van der Waals surface area contributed by atoms with E-state index in [2.05, 4.69) is 10.2 Å². The molecule has 11 heteroatoms. The number of hydrogen-bond acceptors (Lipinski definition) is 7. The minimum absolute atomic E-state index is 0. The zero-order chi connectivity index (χ0) is 30.2. The van der Waals surface area contributed by atoms with Gasteiger partial charge in [0.05, 0.1) is 22.5 Å². The van der Waals surface area contributed by atoms with Crippen molar-refractivity contribution >= 4 is 17.6 Å². The predicted octanol–water partition coefficient (Wildman–Crippen LogP) is 3.40. The Kier molecular flexibility index (Phi) is 9.02. The number of piperidine rings is 1. The molecular weight excluding hydrogens is 552 g/mol. The highest BCUT2D eigenvalue weighted by molar-refractivity contribution is 5.84. The van der Waals surface area contributed by atoms with Gasteiger partial charge in [0.25, 0.3) is 5.69 Å². The largest absolute Gasteiger partial charge is 0.481 e. The van der Waals surface area contributed by atoms with Crippen LogP contribution in [0.2, 0.25) is 0 Å². The average Bonchev–Trinajstić information content (AvgIpc) is 2.95. The van der Waals surface area contributed by atoms with E-state index in [1.807, 2.05) is 60.7 Å². The van der Waals surface area contributed by atoms with E-state index in [0.29, 0.717) is 18.7 Å². The van der Waals surface area contributed by atoms with Crippen molar-refractivity contribution in [1.29, 1.82) is 0 Å². The summed E-state index contributed by atoms with van der Waals surface area (Å²) in [7, 11) is 0. The number of benzene rings is 3. The van der Waals surface area contributed by atoms with Crippen LogP contribution >= 0.6 is 0 Å². The molecule has 2 aliphatic heterocycles. The van der Waals surface area contributed by atoms with E-state index in [4.69, 9.17) is 5.73 Å². The molecule has 228 valence electrons. The summed E-state index contributed by atoms with van der Waals surface area (Å²) in [6.45, 7) is 4.10. The molecule has 0 aromatic heterocycles. The number of nitro benzene ring substituents is 1. The molecule has 5 unspecified atom stereocenters. The summed E-state index contributed by atoms with van der Waals surface area (Å²) in [5.41, 5.74) is 5.52. The third-order valence-corrected chi connectivity index (χ3v) is 9.66. The van der Waals surface area contributed by atoms with Gasteiger partial charge in [-0.3, -0.25) is 29.9 Å². The number of rotatable bonds is 9. The van der Waals surface area contributed by atoms with Gasteiger partial charge in [-0.25, -0.2) is 0 Å². The molecular formula is C32H38N4O7. The number of carboxylic acid groups (broad SMARTS) is 2. The zero-order valence-corrected chi connectivity index (χ0v) is 24.1. The standard InChI is InChI=1S/C32H36N4O6.H2O/c1-3-31(29(37)38)20(2)34-28(33)32(30(39)40,27(31)23-15-10-16-25(17-23)36(41)42)24-18-35(19-24)26(21-11-6-4-7-12-21)22-13-8-5-9-14-22;/h4-17,20,24,26-28,34H,3,18-19,33H2,1-2H3,(H,37,38)(H,39,40);1H2. The summed E-state index contributed by atoms with van der Waals surface area (Å²) < 4.78 is 0. The summed E-state index contributed by atoms with van der Waals surface area (Å²) in [6.07, 6.45) is -1.01. The molecule has 0 saturated carbocycles. The number of nitro groups is 1. The van der Waals surface area contributed by atoms with Crippen LogP contribution in [-0.2, 0) is 9.59 Å². The van der Waals surface area contributed by atoms with E-state index in [1.165, 1.54) is 18.2 Å². The molecule has 0 radical (unpaired) electrons. The van der Waals surface area contributed by atoms with Crippen molar-refractivity contribution in [2.24, 2.45) is 22.5 Å². The van der Waals surface area contributed by atoms with Crippen molar-refractivity contribution in [2.75, 3.05) is 13.1 Å². The average molecular weight is 591 g/mol. The van der Waals surface area contributed by atoms with E-state index in [0.717, 1.165) is 11.1 Å². The first-order chi connectivity index (χ1) is 20.1. The number of carboxylic acids is 2. The van der Waals surface area contributed by atoms with E-state index in [-0.39, 0.29) is 23.6 Å². The fourth-order valence-electron chi connectivity index (χ4n) is 7.60. The van der Waals surface area contributed by atoms with Crippen LogP contribution in [0.25, 0.3) is 0 Å². The SMILES string of the molecule is CCC1(C(=O)O)C(C)NC(N)C(C(=O)O)(C2CN(C(c3ccccc3)c3ccccc3)C2)C1c1cccc([N+](=O)[O-])c1.O. The lowest BCUT2D eigenvalue weighted by molar-refractivity contribution is -0.385. The first kappa shape index (κ1) is 31.8. The zero-order valence-electron chi connectivity index (χ0n) is 24.1. The highest BCUT2D eigenvalue weighted by atomic mass is 16.6. The number of nitrogens with zero attached hydrogens (tertiary/aromatic N) is 2. The summed E-state index contributed by atoms with van der Waals surface area (Å²) in [5, 5.41) is 36.7. The molecule has 11 nitrogen and oxygen atoms in total. The van der Waals surface area contributed by atoms with Crippen LogP contribution in [-0.4, -0.2) is 62.7 Å². The molecule has 7 N–H and O–H groups in total. The topological polar surface area (TPSA) is 191 Å². The quantitative estimate of drug-likeness (QED) is 0.214. The second kappa shape index (κ2) is 12.2. The van der Waals surface area contributed by atoms with Gasteiger partial charge in [0.2, 0.25) is 0 Å². The van der Waals surface area contributed by atoms with Crippen LogP contribution in [0.4, 0.5) is 5.69 Å². The molecule has 2 heterocycles. The Morgan fingerprint density at radius 2 is 1.56 bits per heavy atom. The maximum Gasteiger partial charge on any atom is 0.313 e. The van der Waals surface area contributed by atoms with Crippen molar-refractivity contribution in [1.82, 2.24) is 10.2 Å². The normalized spacial score (nSPS) is 27.6. The Bertz CT molecular complexity index is 1430. The molecule has 2 aliphatic rings. The summed E-state index contributed by atoms with van der Waals surface area (Å²) in [6, 6.07) is 24.7. The number of nitrogens with two attached hydrogens (primary N) is 1. The summed E-state index contributed by atoms with van der Waals surface area (Å²) in [4.78, 5) is 40.2. The third-order valence-electron chi connectivity index (χ3n) is 9.66. The number of carbonyl (C=O) groups is 2. The lowest BCUT2D eigenvalue weighted by Gasteiger charge is -2.62. The van der Waals surface area contributed by atoms with Crippen LogP contribution in [0.5, 0.6) is 0 Å². The van der Waals surface area contributed by atoms with Crippen LogP contribution in [0.15, 0.2) is 84.9 Å².